The molecule has 1 saturated heterocycles. The van der Waals surface area contributed by atoms with E-state index in [4.69, 9.17) is 28.9 Å². The molecule has 2 amide bonds. The van der Waals surface area contributed by atoms with Crippen molar-refractivity contribution in [3.05, 3.63) is 28.2 Å². The van der Waals surface area contributed by atoms with Crippen LogP contribution in [0.5, 0.6) is 0 Å². The van der Waals surface area contributed by atoms with Gasteiger partial charge in [0.1, 0.15) is 0 Å². The van der Waals surface area contributed by atoms with Crippen LogP contribution in [0.4, 0.5) is 5.69 Å². The number of nitrogens with one attached hydrogen (secondary N) is 1. The summed E-state index contributed by atoms with van der Waals surface area (Å²) in [6.07, 6.45) is 1.38. The van der Waals surface area contributed by atoms with Gasteiger partial charge in [0.15, 0.2) is 0 Å². The maximum atomic E-state index is 12.3. The molecule has 0 bridgehead atoms. The molecule has 2 rings (SSSR count). The number of carbonyl (C=O) groups is 2. The molecule has 0 radical (unpaired) electrons. The normalized spacial score (nSPS) is 18.0. The van der Waals surface area contributed by atoms with Crippen LogP contribution in [0, 0.1) is 5.92 Å². The van der Waals surface area contributed by atoms with Crippen molar-refractivity contribution in [2.24, 2.45) is 11.7 Å². The van der Waals surface area contributed by atoms with Crippen LogP contribution in [-0.2, 0) is 9.59 Å². The van der Waals surface area contributed by atoms with Crippen LogP contribution in [-0.4, -0.2) is 35.8 Å². The van der Waals surface area contributed by atoms with Gasteiger partial charge in [0.2, 0.25) is 11.8 Å². The Morgan fingerprint density at radius 2 is 1.77 bits per heavy atom. The number of nitrogens with two attached hydrogens (primary N) is 1. The zero-order valence-corrected chi connectivity index (χ0v) is 13.8. The van der Waals surface area contributed by atoms with Crippen molar-refractivity contribution in [1.29, 1.82) is 0 Å². The number of primary amides is 1. The van der Waals surface area contributed by atoms with Gasteiger partial charge in [0.05, 0.1) is 6.04 Å². The topological polar surface area (TPSA) is 75.4 Å². The number of hydrogen-bond acceptors (Lipinski definition) is 3. The smallest absolute Gasteiger partial charge is 0.241 e. The van der Waals surface area contributed by atoms with E-state index >= 15 is 0 Å². The average Bonchev–Trinajstić information content (AvgIpc) is 2.45. The molecule has 1 atom stereocenters. The predicted octanol–water partition coefficient (Wildman–Crippen LogP) is 2.52. The van der Waals surface area contributed by atoms with E-state index in [1.807, 2.05) is 11.8 Å². The second kappa shape index (κ2) is 7.31. The van der Waals surface area contributed by atoms with Crippen LogP contribution in [0.2, 0.25) is 10.0 Å². The number of piperidine rings is 1. The molecule has 0 saturated carbocycles. The van der Waals surface area contributed by atoms with Gasteiger partial charge in [-0.1, -0.05) is 23.2 Å². The number of anilines is 1. The molecule has 120 valence electrons. The lowest BCUT2D eigenvalue weighted by Crippen LogP contribution is -2.47. The molecule has 3 N–H and O–H groups in total. The van der Waals surface area contributed by atoms with Crippen LogP contribution in [0.25, 0.3) is 0 Å². The number of benzene rings is 1. The van der Waals surface area contributed by atoms with Crippen molar-refractivity contribution in [2.45, 2.75) is 25.8 Å². The van der Waals surface area contributed by atoms with Crippen LogP contribution in [0.1, 0.15) is 19.8 Å². The van der Waals surface area contributed by atoms with Crippen LogP contribution < -0.4 is 11.1 Å². The van der Waals surface area contributed by atoms with Crippen molar-refractivity contribution in [3.63, 3.8) is 0 Å². The number of amides is 2. The Morgan fingerprint density at radius 3 is 2.27 bits per heavy atom. The number of likely N-dealkylation sites (tertiary alicyclic amines) is 1. The molecule has 5 nitrogen and oxygen atoms in total. The standard InChI is InChI=1S/C15H19Cl2N3O2/c1-9(20-4-2-10(3-5-20)14(18)21)15(22)19-13-7-11(16)6-12(17)8-13/h6-10H,2-5H2,1H3,(H2,18,21)(H,19,22)/t9-/m0/s1. The first-order chi connectivity index (χ1) is 10.4. The molecule has 1 fully saturated rings. The minimum absolute atomic E-state index is 0.0850. The van der Waals surface area contributed by atoms with E-state index in [2.05, 4.69) is 5.32 Å². The number of nitrogens with zero attached hydrogens (tertiary/aromatic N) is 1. The SMILES string of the molecule is C[C@@H](C(=O)Nc1cc(Cl)cc(Cl)c1)N1CCC(C(N)=O)CC1. The molecule has 0 spiro atoms. The van der Waals surface area contributed by atoms with Gasteiger partial charge in [-0.3, -0.25) is 14.5 Å². The highest BCUT2D eigenvalue weighted by molar-refractivity contribution is 6.35. The summed E-state index contributed by atoms with van der Waals surface area (Å²) in [6, 6.07) is 4.61. The molecule has 1 heterocycles. The van der Waals surface area contributed by atoms with Gasteiger partial charge in [0, 0.05) is 21.7 Å². The van der Waals surface area contributed by atoms with Crippen molar-refractivity contribution < 1.29 is 9.59 Å². The number of carbonyl (C=O) groups excluding carboxylic acids is 2. The van der Waals surface area contributed by atoms with E-state index in [0.717, 1.165) is 0 Å². The molecule has 1 aromatic carbocycles. The second-order valence-electron chi connectivity index (χ2n) is 5.54. The second-order valence-corrected chi connectivity index (χ2v) is 6.41. The highest BCUT2D eigenvalue weighted by Crippen LogP contribution is 2.23. The first kappa shape index (κ1) is 17.1. The fourth-order valence-corrected chi connectivity index (χ4v) is 3.14. The van der Waals surface area contributed by atoms with Gasteiger partial charge in [-0.25, -0.2) is 0 Å². The lowest BCUT2D eigenvalue weighted by molar-refractivity contribution is -0.124. The van der Waals surface area contributed by atoms with Crippen LogP contribution in [0.15, 0.2) is 18.2 Å². The Morgan fingerprint density at radius 1 is 1.23 bits per heavy atom. The van der Waals surface area contributed by atoms with E-state index in [0.29, 0.717) is 41.7 Å². The van der Waals surface area contributed by atoms with Gasteiger partial charge < -0.3 is 11.1 Å². The Balaban J connectivity index is 1.94. The molecule has 0 aliphatic carbocycles. The molecule has 1 aliphatic rings. The summed E-state index contributed by atoms with van der Waals surface area (Å²) < 4.78 is 0. The van der Waals surface area contributed by atoms with Gasteiger partial charge in [0.25, 0.3) is 0 Å². The fraction of sp³-hybridized carbons (Fsp3) is 0.467. The molecule has 7 heteroatoms. The zero-order valence-electron chi connectivity index (χ0n) is 12.3. The van der Waals surface area contributed by atoms with E-state index in [-0.39, 0.29) is 23.8 Å². The summed E-state index contributed by atoms with van der Waals surface area (Å²) in [5, 5.41) is 3.75. The molecule has 0 unspecified atom stereocenters. The van der Waals surface area contributed by atoms with Gasteiger partial charge in [-0.15, -0.1) is 0 Å². The molecule has 1 aromatic rings. The van der Waals surface area contributed by atoms with E-state index < -0.39 is 0 Å². The summed E-state index contributed by atoms with van der Waals surface area (Å²) in [6.45, 7) is 3.20. The van der Waals surface area contributed by atoms with Crippen molar-refractivity contribution in [1.82, 2.24) is 4.90 Å². The lowest BCUT2D eigenvalue weighted by atomic mass is 9.95. The maximum absolute atomic E-state index is 12.3. The number of halogens is 2. The largest absolute Gasteiger partial charge is 0.369 e. The molecule has 22 heavy (non-hydrogen) atoms. The first-order valence-corrected chi connectivity index (χ1v) is 7.92. The molecular formula is C15H19Cl2N3O2. The predicted molar refractivity (Wildman–Crippen MR) is 88.0 cm³/mol. The van der Waals surface area contributed by atoms with Crippen molar-refractivity contribution >= 4 is 40.7 Å². The third-order valence-corrected chi connectivity index (χ3v) is 4.43. The number of hydrogen-bond donors (Lipinski definition) is 2. The maximum Gasteiger partial charge on any atom is 0.241 e. The van der Waals surface area contributed by atoms with Crippen LogP contribution >= 0.6 is 23.2 Å². The summed E-state index contributed by atoms with van der Waals surface area (Å²) in [5.74, 6) is -0.473. The van der Waals surface area contributed by atoms with Gasteiger partial charge >= 0.3 is 0 Å². The van der Waals surface area contributed by atoms with Crippen molar-refractivity contribution in [3.8, 4) is 0 Å². The number of rotatable bonds is 4. The van der Waals surface area contributed by atoms with E-state index in [9.17, 15) is 9.59 Å². The fourth-order valence-electron chi connectivity index (χ4n) is 2.61. The Hall–Kier alpha value is -1.30. The highest BCUT2D eigenvalue weighted by Gasteiger charge is 2.28. The van der Waals surface area contributed by atoms with Gasteiger partial charge in [-0.05, 0) is 51.1 Å². The van der Waals surface area contributed by atoms with E-state index in [1.165, 1.54) is 0 Å². The third-order valence-electron chi connectivity index (χ3n) is 3.99. The molecule has 1 aliphatic heterocycles. The van der Waals surface area contributed by atoms with Crippen molar-refractivity contribution in [2.75, 3.05) is 18.4 Å². The average molecular weight is 344 g/mol. The quantitative estimate of drug-likeness (QED) is 0.881. The monoisotopic (exact) mass is 343 g/mol. The minimum atomic E-state index is -0.299. The summed E-state index contributed by atoms with van der Waals surface area (Å²) in [5.41, 5.74) is 5.89. The lowest BCUT2D eigenvalue weighted by Gasteiger charge is -2.34. The Labute approximate surface area is 139 Å². The van der Waals surface area contributed by atoms with Gasteiger partial charge in [-0.2, -0.15) is 0 Å². The minimum Gasteiger partial charge on any atom is -0.369 e. The van der Waals surface area contributed by atoms with Crippen LogP contribution in [0.3, 0.4) is 0 Å². The summed E-state index contributed by atoms with van der Waals surface area (Å²) in [7, 11) is 0. The first-order valence-electron chi connectivity index (χ1n) is 7.17. The zero-order chi connectivity index (χ0) is 16.3. The Bertz CT molecular complexity index is 552. The summed E-state index contributed by atoms with van der Waals surface area (Å²) in [4.78, 5) is 25.5. The Kier molecular flexibility index (Phi) is 5.67. The van der Waals surface area contributed by atoms with E-state index in [1.54, 1.807) is 18.2 Å². The highest BCUT2D eigenvalue weighted by atomic mass is 35.5. The third kappa shape index (κ3) is 4.35. The molecule has 0 aromatic heterocycles. The summed E-state index contributed by atoms with van der Waals surface area (Å²) >= 11 is 11.8. The molecular weight excluding hydrogens is 325 g/mol.